The lowest BCUT2D eigenvalue weighted by Gasteiger charge is -2.29. The van der Waals surface area contributed by atoms with Crippen LogP contribution in [0.1, 0.15) is 52.9 Å². The van der Waals surface area contributed by atoms with E-state index in [2.05, 4.69) is 0 Å². The molecule has 4 heteroatoms. The van der Waals surface area contributed by atoms with Crippen LogP contribution in [0.4, 0.5) is 0 Å². The fourth-order valence-electron chi connectivity index (χ4n) is 2.23. The van der Waals surface area contributed by atoms with Crippen molar-refractivity contribution in [1.82, 2.24) is 0 Å². The predicted molar refractivity (Wildman–Crippen MR) is 63.5 cm³/mol. The lowest BCUT2D eigenvalue weighted by molar-refractivity contribution is -0.161. The van der Waals surface area contributed by atoms with Gasteiger partial charge in [-0.1, -0.05) is 0 Å². The van der Waals surface area contributed by atoms with Crippen LogP contribution in [0.2, 0.25) is 0 Å². The first-order valence-corrected chi connectivity index (χ1v) is 6.22. The van der Waals surface area contributed by atoms with Crippen molar-refractivity contribution >= 4 is 11.9 Å². The van der Waals surface area contributed by atoms with Crippen LogP contribution in [0.3, 0.4) is 0 Å². The van der Waals surface area contributed by atoms with Crippen LogP contribution in [-0.4, -0.2) is 22.6 Å². The van der Waals surface area contributed by atoms with Crippen molar-refractivity contribution in [1.29, 1.82) is 0 Å². The van der Waals surface area contributed by atoms with Crippen LogP contribution >= 0.6 is 0 Å². The highest BCUT2D eigenvalue weighted by Gasteiger charge is 2.30. The highest BCUT2D eigenvalue weighted by molar-refractivity contribution is 5.73. The Balaban J connectivity index is 2.36. The van der Waals surface area contributed by atoms with Gasteiger partial charge in [0.1, 0.15) is 5.60 Å². The van der Waals surface area contributed by atoms with Gasteiger partial charge in [0.15, 0.2) is 0 Å². The number of ether oxygens (including phenoxy) is 1. The molecule has 1 saturated carbocycles. The first kappa shape index (κ1) is 14.0. The van der Waals surface area contributed by atoms with Gasteiger partial charge in [-0.3, -0.25) is 9.59 Å². The topological polar surface area (TPSA) is 63.6 Å². The van der Waals surface area contributed by atoms with Crippen molar-refractivity contribution in [2.45, 2.75) is 58.5 Å². The number of esters is 1. The van der Waals surface area contributed by atoms with Crippen molar-refractivity contribution < 1.29 is 19.4 Å². The van der Waals surface area contributed by atoms with Gasteiger partial charge in [0.25, 0.3) is 0 Å². The van der Waals surface area contributed by atoms with E-state index in [0.29, 0.717) is 0 Å². The maximum atomic E-state index is 11.8. The standard InChI is InChI=1S/C13H22O4/c1-13(2,3)17-12(16)10-6-4-9(5-7-10)8-11(14)15/h9-10H,4-8H2,1-3H3,(H,14,15). The molecule has 4 nitrogen and oxygen atoms in total. The molecular formula is C13H22O4. The molecule has 0 aromatic carbocycles. The van der Waals surface area contributed by atoms with Gasteiger partial charge in [-0.2, -0.15) is 0 Å². The van der Waals surface area contributed by atoms with E-state index >= 15 is 0 Å². The maximum absolute atomic E-state index is 11.8. The Kier molecular flexibility index (Phi) is 4.54. The van der Waals surface area contributed by atoms with Crippen molar-refractivity contribution in [2.24, 2.45) is 11.8 Å². The third-order valence-electron chi connectivity index (χ3n) is 3.05. The summed E-state index contributed by atoms with van der Waals surface area (Å²) in [6, 6.07) is 0. The number of hydrogen-bond donors (Lipinski definition) is 1. The third-order valence-corrected chi connectivity index (χ3v) is 3.05. The van der Waals surface area contributed by atoms with Gasteiger partial charge in [0.05, 0.1) is 5.92 Å². The minimum atomic E-state index is -0.745. The molecule has 0 radical (unpaired) electrons. The molecule has 98 valence electrons. The molecule has 1 rings (SSSR count). The highest BCUT2D eigenvalue weighted by atomic mass is 16.6. The summed E-state index contributed by atoms with van der Waals surface area (Å²) in [5, 5.41) is 8.70. The minimum absolute atomic E-state index is 0.0423. The summed E-state index contributed by atoms with van der Waals surface area (Å²) in [4.78, 5) is 22.4. The van der Waals surface area contributed by atoms with E-state index in [9.17, 15) is 9.59 Å². The molecule has 0 saturated heterocycles. The van der Waals surface area contributed by atoms with E-state index in [0.717, 1.165) is 25.7 Å². The van der Waals surface area contributed by atoms with Crippen LogP contribution in [0, 0.1) is 11.8 Å². The molecular weight excluding hydrogens is 220 g/mol. The molecule has 17 heavy (non-hydrogen) atoms. The van der Waals surface area contributed by atoms with Crippen molar-refractivity contribution in [3.05, 3.63) is 0 Å². The molecule has 0 aliphatic heterocycles. The Morgan fingerprint density at radius 1 is 1.18 bits per heavy atom. The number of hydrogen-bond acceptors (Lipinski definition) is 3. The number of carbonyl (C=O) groups is 2. The first-order valence-electron chi connectivity index (χ1n) is 6.22. The van der Waals surface area contributed by atoms with Gasteiger partial charge >= 0.3 is 11.9 Å². The Labute approximate surface area is 102 Å². The summed E-state index contributed by atoms with van der Waals surface area (Å²) in [7, 11) is 0. The summed E-state index contributed by atoms with van der Waals surface area (Å²) in [6.45, 7) is 5.59. The van der Waals surface area contributed by atoms with Crippen molar-refractivity contribution in [3.63, 3.8) is 0 Å². The van der Waals surface area contributed by atoms with Crippen molar-refractivity contribution in [3.8, 4) is 0 Å². The van der Waals surface area contributed by atoms with Crippen molar-refractivity contribution in [2.75, 3.05) is 0 Å². The van der Waals surface area contributed by atoms with E-state index in [4.69, 9.17) is 9.84 Å². The molecule has 0 amide bonds. The van der Waals surface area contributed by atoms with Gasteiger partial charge in [0.2, 0.25) is 0 Å². The molecule has 0 aromatic heterocycles. The van der Waals surface area contributed by atoms with E-state index < -0.39 is 11.6 Å². The summed E-state index contributed by atoms with van der Waals surface area (Å²) < 4.78 is 5.34. The minimum Gasteiger partial charge on any atom is -0.481 e. The first-order chi connectivity index (χ1) is 7.78. The molecule has 0 heterocycles. The van der Waals surface area contributed by atoms with E-state index in [1.807, 2.05) is 20.8 Å². The molecule has 1 N–H and O–H groups in total. The van der Waals surface area contributed by atoms with Gasteiger partial charge in [-0.05, 0) is 52.4 Å². The van der Waals surface area contributed by atoms with E-state index in [1.165, 1.54) is 0 Å². The average molecular weight is 242 g/mol. The molecule has 0 aromatic rings. The number of carbonyl (C=O) groups excluding carboxylic acids is 1. The molecule has 0 bridgehead atoms. The zero-order valence-electron chi connectivity index (χ0n) is 10.9. The summed E-state index contributed by atoms with van der Waals surface area (Å²) >= 11 is 0. The van der Waals surface area contributed by atoms with Gasteiger partial charge < -0.3 is 9.84 Å². The molecule has 0 unspecified atom stereocenters. The normalized spacial score (nSPS) is 25.4. The van der Waals surface area contributed by atoms with E-state index in [-0.39, 0.29) is 24.2 Å². The lowest BCUT2D eigenvalue weighted by Crippen LogP contribution is -2.31. The van der Waals surface area contributed by atoms with Crippen LogP contribution in [-0.2, 0) is 14.3 Å². The Morgan fingerprint density at radius 2 is 1.71 bits per heavy atom. The fourth-order valence-corrected chi connectivity index (χ4v) is 2.23. The van der Waals surface area contributed by atoms with Crippen LogP contribution < -0.4 is 0 Å². The summed E-state index contributed by atoms with van der Waals surface area (Å²) in [5.74, 6) is -0.692. The van der Waals surface area contributed by atoms with E-state index in [1.54, 1.807) is 0 Å². The second-order valence-corrected chi connectivity index (χ2v) is 5.85. The summed E-state index contributed by atoms with van der Waals surface area (Å²) in [5.41, 5.74) is -0.436. The molecule has 0 spiro atoms. The Hall–Kier alpha value is -1.06. The predicted octanol–water partition coefficient (Wildman–Crippen LogP) is 2.61. The number of rotatable bonds is 3. The second-order valence-electron chi connectivity index (χ2n) is 5.85. The maximum Gasteiger partial charge on any atom is 0.309 e. The largest absolute Gasteiger partial charge is 0.481 e. The van der Waals surface area contributed by atoms with Crippen LogP contribution in [0.15, 0.2) is 0 Å². The fraction of sp³-hybridized carbons (Fsp3) is 0.846. The van der Waals surface area contributed by atoms with Crippen LogP contribution in [0.25, 0.3) is 0 Å². The van der Waals surface area contributed by atoms with Gasteiger partial charge in [0, 0.05) is 6.42 Å². The number of carboxylic acid groups (broad SMARTS) is 1. The average Bonchev–Trinajstić information content (AvgIpc) is 2.15. The monoisotopic (exact) mass is 242 g/mol. The number of aliphatic carboxylic acids is 1. The van der Waals surface area contributed by atoms with Gasteiger partial charge in [-0.15, -0.1) is 0 Å². The summed E-state index contributed by atoms with van der Waals surface area (Å²) in [6.07, 6.45) is 3.37. The smallest absolute Gasteiger partial charge is 0.309 e. The highest BCUT2D eigenvalue weighted by Crippen LogP contribution is 2.32. The molecule has 1 aliphatic carbocycles. The zero-order valence-corrected chi connectivity index (χ0v) is 10.9. The quantitative estimate of drug-likeness (QED) is 0.773. The van der Waals surface area contributed by atoms with Gasteiger partial charge in [-0.25, -0.2) is 0 Å². The zero-order chi connectivity index (χ0) is 13.1. The SMILES string of the molecule is CC(C)(C)OC(=O)C1CCC(CC(=O)O)CC1. The lowest BCUT2D eigenvalue weighted by atomic mass is 9.80. The van der Waals surface area contributed by atoms with Crippen LogP contribution in [0.5, 0.6) is 0 Å². The third kappa shape index (κ3) is 5.20. The Morgan fingerprint density at radius 3 is 2.12 bits per heavy atom. The molecule has 0 atom stereocenters. The molecule has 1 fully saturated rings. The second kappa shape index (κ2) is 5.52. The number of carboxylic acids is 1. The molecule has 1 aliphatic rings. The Bertz CT molecular complexity index is 282.